The molecule has 2 atom stereocenters. The molecule has 0 aromatic heterocycles. The molecule has 0 radical (unpaired) electrons. The summed E-state index contributed by atoms with van der Waals surface area (Å²) in [5.41, 5.74) is -0.846. The Kier molecular flexibility index (Phi) is 5.98. The second-order valence-electron chi connectivity index (χ2n) is 9.58. The number of likely N-dealkylation sites (tertiary alicyclic amines) is 1. The Bertz CT molecular complexity index is 1350. The van der Waals surface area contributed by atoms with E-state index in [2.05, 4.69) is 27.3 Å². The van der Waals surface area contributed by atoms with Gasteiger partial charge in [-0.1, -0.05) is 51.8 Å². The van der Waals surface area contributed by atoms with E-state index in [9.17, 15) is 23.3 Å². The molecule has 1 N–H and O–H groups in total. The molecule has 1 saturated heterocycles. The number of nitrogens with zero attached hydrogens (tertiary/aromatic N) is 2. The van der Waals surface area contributed by atoms with Crippen molar-refractivity contribution in [2.45, 2.75) is 59.2 Å². The predicted octanol–water partition coefficient (Wildman–Crippen LogP) is 3.75. The van der Waals surface area contributed by atoms with E-state index in [0.29, 0.717) is 25.7 Å². The molecule has 0 bridgehead atoms. The van der Waals surface area contributed by atoms with Crippen LogP contribution in [0.1, 0.15) is 37.7 Å². The van der Waals surface area contributed by atoms with Gasteiger partial charge in [0.1, 0.15) is 11.6 Å². The third kappa shape index (κ3) is 4.26. The first kappa shape index (κ1) is 24.3. The maximum Gasteiger partial charge on any atom is 0.244 e. The monoisotopic (exact) mass is 575 g/mol. The standard InChI is InChI=1S/C25H23BrClN3O4S/c26-17-7-5-16(6-8-17)25(11-12-25)23(32)30-14-18(35(33,34)21-4-2-1-3-19(21)27)13-20(30)22(31)29-24(15-28)9-10-24/h1-8,18,20H,9-14H2,(H,29,31)/t18-,20+/m1/s1. The lowest BCUT2D eigenvalue weighted by atomic mass is 9.94. The SMILES string of the molecule is N#CC1(NC(=O)[C@@H]2C[C@@H](S(=O)(=O)c3ccccc3Cl)CN2C(=O)C2(c3ccc(Br)cc3)CC2)CC1. The summed E-state index contributed by atoms with van der Waals surface area (Å²) >= 11 is 9.61. The molecular formula is C25H23BrClN3O4S. The number of benzene rings is 2. The van der Waals surface area contributed by atoms with Crippen LogP contribution < -0.4 is 5.32 Å². The fourth-order valence-electron chi connectivity index (χ4n) is 4.85. The summed E-state index contributed by atoms with van der Waals surface area (Å²) in [6.07, 6.45) is 2.29. The molecule has 3 aliphatic rings. The molecule has 1 aliphatic heterocycles. The van der Waals surface area contributed by atoms with Crippen molar-refractivity contribution in [3.8, 4) is 6.07 Å². The number of nitrogens with one attached hydrogen (secondary N) is 1. The topological polar surface area (TPSA) is 107 Å². The highest BCUT2D eigenvalue weighted by molar-refractivity contribution is 9.10. The molecule has 2 amide bonds. The zero-order valence-electron chi connectivity index (χ0n) is 18.7. The van der Waals surface area contributed by atoms with Crippen LogP contribution in [-0.4, -0.2) is 48.5 Å². The Morgan fingerprint density at radius 1 is 1.09 bits per heavy atom. The molecule has 7 nitrogen and oxygen atoms in total. The number of rotatable bonds is 6. The highest BCUT2D eigenvalue weighted by Crippen LogP contribution is 2.51. The lowest BCUT2D eigenvalue weighted by Crippen LogP contribution is -2.51. The van der Waals surface area contributed by atoms with Gasteiger partial charge in [0, 0.05) is 11.0 Å². The van der Waals surface area contributed by atoms with Gasteiger partial charge < -0.3 is 10.2 Å². The molecule has 2 aromatic rings. The number of hydrogen-bond donors (Lipinski definition) is 1. The fourth-order valence-corrected chi connectivity index (χ4v) is 7.34. The van der Waals surface area contributed by atoms with Crippen LogP contribution in [0.5, 0.6) is 0 Å². The minimum atomic E-state index is -3.91. The van der Waals surface area contributed by atoms with Gasteiger partial charge in [-0.25, -0.2) is 8.42 Å². The Morgan fingerprint density at radius 3 is 2.31 bits per heavy atom. The molecule has 2 aliphatic carbocycles. The van der Waals surface area contributed by atoms with Crippen LogP contribution in [0.25, 0.3) is 0 Å². The normalized spacial score (nSPS) is 23.9. The average molecular weight is 577 g/mol. The summed E-state index contributed by atoms with van der Waals surface area (Å²) in [5, 5.41) is 11.3. The lowest BCUT2D eigenvalue weighted by Gasteiger charge is -2.29. The number of hydrogen-bond acceptors (Lipinski definition) is 5. The molecular weight excluding hydrogens is 554 g/mol. The third-order valence-corrected chi connectivity index (χ3v) is 10.4. The van der Waals surface area contributed by atoms with E-state index in [-0.39, 0.29) is 28.8 Å². The second-order valence-corrected chi connectivity index (χ2v) is 13.1. The summed E-state index contributed by atoms with van der Waals surface area (Å²) < 4.78 is 27.9. The molecule has 3 fully saturated rings. The van der Waals surface area contributed by atoms with E-state index in [1.807, 2.05) is 24.3 Å². The zero-order valence-corrected chi connectivity index (χ0v) is 21.9. The van der Waals surface area contributed by atoms with Crippen molar-refractivity contribution < 1.29 is 18.0 Å². The summed E-state index contributed by atoms with van der Waals surface area (Å²) in [5.74, 6) is -0.737. The van der Waals surface area contributed by atoms with Crippen LogP contribution in [0, 0.1) is 11.3 Å². The van der Waals surface area contributed by atoms with Crippen molar-refractivity contribution in [2.75, 3.05) is 6.54 Å². The quantitative estimate of drug-likeness (QED) is 0.564. The van der Waals surface area contributed by atoms with Crippen molar-refractivity contribution >= 4 is 49.2 Å². The van der Waals surface area contributed by atoms with Gasteiger partial charge in [0.05, 0.1) is 26.7 Å². The first-order valence-corrected chi connectivity index (χ1v) is 14.1. The Labute approximate surface area is 217 Å². The van der Waals surface area contributed by atoms with Crippen LogP contribution in [0.15, 0.2) is 57.9 Å². The first-order chi connectivity index (χ1) is 16.6. The van der Waals surface area contributed by atoms with Gasteiger partial charge >= 0.3 is 0 Å². The van der Waals surface area contributed by atoms with E-state index in [1.54, 1.807) is 12.1 Å². The van der Waals surface area contributed by atoms with Crippen molar-refractivity contribution in [3.63, 3.8) is 0 Å². The maximum absolute atomic E-state index is 13.9. The fraction of sp³-hybridized carbons (Fsp3) is 0.400. The van der Waals surface area contributed by atoms with E-state index in [1.165, 1.54) is 17.0 Å². The average Bonchev–Trinajstić information content (AvgIpc) is 3.76. The summed E-state index contributed by atoms with van der Waals surface area (Å²) in [7, 11) is -3.91. The van der Waals surface area contributed by atoms with Crippen LogP contribution in [-0.2, 0) is 24.8 Å². The Morgan fingerprint density at radius 2 is 1.74 bits per heavy atom. The second kappa shape index (κ2) is 8.61. The van der Waals surface area contributed by atoms with E-state index in [4.69, 9.17) is 11.6 Å². The van der Waals surface area contributed by atoms with Crippen LogP contribution >= 0.6 is 27.5 Å². The summed E-state index contributed by atoms with van der Waals surface area (Å²) in [4.78, 5) is 28.6. The highest BCUT2D eigenvalue weighted by Gasteiger charge is 2.58. The van der Waals surface area contributed by atoms with Crippen LogP contribution in [0.3, 0.4) is 0 Å². The number of amides is 2. The van der Waals surface area contributed by atoms with Gasteiger partial charge in [0.15, 0.2) is 9.84 Å². The molecule has 0 spiro atoms. The van der Waals surface area contributed by atoms with Crippen molar-refractivity contribution in [1.82, 2.24) is 10.2 Å². The van der Waals surface area contributed by atoms with Gasteiger partial charge in [0.25, 0.3) is 0 Å². The largest absolute Gasteiger partial charge is 0.336 e. The number of sulfone groups is 1. The number of nitriles is 1. The number of carbonyl (C=O) groups excluding carboxylic acids is 2. The molecule has 2 saturated carbocycles. The number of carbonyl (C=O) groups is 2. The predicted molar refractivity (Wildman–Crippen MR) is 133 cm³/mol. The summed E-state index contributed by atoms with van der Waals surface area (Å²) in [6, 6.07) is 14.8. The Hall–Kier alpha value is -2.41. The van der Waals surface area contributed by atoms with Crippen LogP contribution in [0.2, 0.25) is 5.02 Å². The van der Waals surface area contributed by atoms with E-state index >= 15 is 0 Å². The molecule has 1 heterocycles. The van der Waals surface area contributed by atoms with E-state index in [0.717, 1.165) is 10.0 Å². The summed E-state index contributed by atoms with van der Waals surface area (Å²) in [6.45, 7) is -0.109. The third-order valence-electron chi connectivity index (χ3n) is 7.29. The van der Waals surface area contributed by atoms with Crippen LogP contribution in [0.4, 0.5) is 0 Å². The lowest BCUT2D eigenvalue weighted by molar-refractivity contribution is -0.140. The Balaban J connectivity index is 1.48. The molecule has 182 valence electrons. The molecule has 2 aromatic carbocycles. The zero-order chi connectivity index (χ0) is 25.0. The van der Waals surface area contributed by atoms with Gasteiger partial charge in [-0.2, -0.15) is 5.26 Å². The number of halogens is 2. The van der Waals surface area contributed by atoms with Gasteiger partial charge in [0.2, 0.25) is 11.8 Å². The minimum absolute atomic E-state index is 0.00939. The molecule has 35 heavy (non-hydrogen) atoms. The van der Waals surface area contributed by atoms with Gasteiger partial charge in [-0.3, -0.25) is 9.59 Å². The van der Waals surface area contributed by atoms with E-state index < -0.39 is 38.0 Å². The maximum atomic E-state index is 13.9. The van der Waals surface area contributed by atoms with Crippen molar-refractivity contribution in [3.05, 3.63) is 63.6 Å². The van der Waals surface area contributed by atoms with Gasteiger partial charge in [-0.15, -0.1) is 0 Å². The first-order valence-electron chi connectivity index (χ1n) is 11.4. The highest BCUT2D eigenvalue weighted by atomic mass is 79.9. The smallest absolute Gasteiger partial charge is 0.244 e. The van der Waals surface area contributed by atoms with Gasteiger partial charge in [-0.05, 0) is 61.9 Å². The molecule has 0 unspecified atom stereocenters. The minimum Gasteiger partial charge on any atom is -0.336 e. The molecule has 10 heteroatoms. The van der Waals surface area contributed by atoms with Crippen molar-refractivity contribution in [2.24, 2.45) is 0 Å². The van der Waals surface area contributed by atoms with Crippen molar-refractivity contribution in [1.29, 1.82) is 5.26 Å². The molecule has 5 rings (SSSR count).